The van der Waals surface area contributed by atoms with Crippen LogP contribution in [-0.4, -0.2) is 41.0 Å². The molecule has 1 aromatic carbocycles. The number of likely N-dealkylation sites (tertiary alicyclic amines) is 1. The highest BCUT2D eigenvalue weighted by molar-refractivity contribution is 5.80. The second kappa shape index (κ2) is 8.99. The Hall–Kier alpha value is -1.88. The predicted octanol–water partition coefficient (Wildman–Crippen LogP) is 2.51. The van der Waals surface area contributed by atoms with Gasteiger partial charge >= 0.3 is 0 Å². The summed E-state index contributed by atoms with van der Waals surface area (Å²) in [5, 5.41) is 13.3. The number of nitrogens with zero attached hydrogens (tertiary/aromatic N) is 1. The number of aliphatic hydroxyl groups is 1. The lowest BCUT2D eigenvalue weighted by atomic mass is 9.94. The molecule has 0 aromatic heterocycles. The monoisotopic (exact) mass is 346 g/mol. The third-order valence-electron chi connectivity index (χ3n) is 5.14. The van der Waals surface area contributed by atoms with E-state index in [0.29, 0.717) is 31.8 Å². The molecular weight excluding hydrogens is 316 g/mol. The van der Waals surface area contributed by atoms with Crippen LogP contribution in [0.25, 0.3) is 0 Å². The number of hydrogen-bond acceptors (Lipinski definition) is 3. The molecule has 5 heteroatoms. The van der Waals surface area contributed by atoms with Crippen LogP contribution in [0.5, 0.6) is 0 Å². The van der Waals surface area contributed by atoms with E-state index in [4.69, 9.17) is 0 Å². The number of piperidine rings is 1. The Labute approximate surface area is 150 Å². The summed E-state index contributed by atoms with van der Waals surface area (Å²) >= 11 is 0. The summed E-state index contributed by atoms with van der Waals surface area (Å²) in [6.45, 7) is 7.35. The van der Waals surface area contributed by atoms with Crippen LogP contribution >= 0.6 is 0 Å². The molecule has 0 bridgehead atoms. The van der Waals surface area contributed by atoms with Gasteiger partial charge in [-0.25, -0.2) is 0 Å². The van der Waals surface area contributed by atoms with Crippen molar-refractivity contribution in [3.05, 3.63) is 35.9 Å². The number of benzene rings is 1. The summed E-state index contributed by atoms with van der Waals surface area (Å²) in [4.78, 5) is 26.5. The van der Waals surface area contributed by atoms with Gasteiger partial charge in [0.2, 0.25) is 11.8 Å². The number of hydrogen-bond donors (Lipinski definition) is 2. The van der Waals surface area contributed by atoms with Gasteiger partial charge in [-0.15, -0.1) is 0 Å². The van der Waals surface area contributed by atoms with E-state index in [2.05, 4.69) is 19.2 Å². The molecule has 2 N–H and O–H groups in total. The molecule has 0 spiro atoms. The van der Waals surface area contributed by atoms with Crippen LogP contribution in [0.4, 0.5) is 0 Å². The van der Waals surface area contributed by atoms with Crippen molar-refractivity contribution in [1.29, 1.82) is 0 Å². The average molecular weight is 346 g/mol. The van der Waals surface area contributed by atoms with Crippen LogP contribution < -0.4 is 5.32 Å². The van der Waals surface area contributed by atoms with Gasteiger partial charge in [0, 0.05) is 25.0 Å². The maximum absolute atomic E-state index is 12.4. The van der Waals surface area contributed by atoms with Crippen molar-refractivity contribution in [3.8, 4) is 0 Å². The lowest BCUT2D eigenvalue weighted by molar-refractivity contribution is -0.137. The van der Waals surface area contributed by atoms with E-state index in [1.165, 1.54) is 0 Å². The second-order valence-electron chi connectivity index (χ2n) is 7.33. The number of rotatable bonds is 6. The Morgan fingerprint density at radius 2 is 1.76 bits per heavy atom. The summed E-state index contributed by atoms with van der Waals surface area (Å²) in [6.07, 6.45) is 0.681. The maximum Gasteiger partial charge on any atom is 0.225 e. The van der Waals surface area contributed by atoms with E-state index in [-0.39, 0.29) is 30.2 Å². The summed E-state index contributed by atoms with van der Waals surface area (Å²) in [5.41, 5.74) is 0.757. The third kappa shape index (κ3) is 5.56. The molecule has 1 aliphatic heterocycles. The molecule has 1 saturated heterocycles. The first kappa shape index (κ1) is 19.4. The van der Waals surface area contributed by atoms with Gasteiger partial charge in [0.05, 0.1) is 12.5 Å². The Balaban J connectivity index is 1.79. The Morgan fingerprint density at radius 1 is 1.16 bits per heavy atom. The zero-order chi connectivity index (χ0) is 18.4. The van der Waals surface area contributed by atoms with E-state index >= 15 is 0 Å². The van der Waals surface area contributed by atoms with E-state index in [0.717, 1.165) is 5.56 Å². The van der Waals surface area contributed by atoms with Gasteiger partial charge in [0.15, 0.2) is 0 Å². The van der Waals surface area contributed by atoms with Crippen molar-refractivity contribution in [2.75, 3.05) is 13.1 Å². The quantitative estimate of drug-likeness (QED) is 0.831. The Morgan fingerprint density at radius 3 is 2.32 bits per heavy atom. The van der Waals surface area contributed by atoms with Gasteiger partial charge in [0.1, 0.15) is 0 Å². The number of carbonyl (C=O) groups is 2. The summed E-state index contributed by atoms with van der Waals surface area (Å²) in [6, 6.07) is 9.40. The first-order valence-corrected chi connectivity index (χ1v) is 9.19. The molecule has 1 aromatic rings. The van der Waals surface area contributed by atoms with Gasteiger partial charge in [-0.3, -0.25) is 9.59 Å². The van der Waals surface area contributed by atoms with Crippen LogP contribution in [0.15, 0.2) is 30.3 Å². The third-order valence-corrected chi connectivity index (χ3v) is 5.14. The highest BCUT2D eigenvalue weighted by Crippen LogP contribution is 2.22. The molecule has 2 atom stereocenters. The molecule has 138 valence electrons. The van der Waals surface area contributed by atoms with Gasteiger partial charge in [0.25, 0.3) is 0 Å². The van der Waals surface area contributed by atoms with Gasteiger partial charge in [-0.2, -0.15) is 0 Å². The fourth-order valence-corrected chi connectivity index (χ4v) is 2.99. The molecule has 2 rings (SSSR count). The predicted molar refractivity (Wildman–Crippen MR) is 97.8 cm³/mol. The van der Waals surface area contributed by atoms with Crippen molar-refractivity contribution >= 4 is 11.8 Å². The topological polar surface area (TPSA) is 69.6 Å². The minimum Gasteiger partial charge on any atom is -0.388 e. The largest absolute Gasteiger partial charge is 0.388 e. The molecule has 2 amide bonds. The summed E-state index contributed by atoms with van der Waals surface area (Å²) in [5.74, 6) is 0.428. The molecule has 0 radical (unpaired) electrons. The highest BCUT2D eigenvalue weighted by atomic mass is 16.3. The Bertz CT molecular complexity index is 566. The molecule has 25 heavy (non-hydrogen) atoms. The van der Waals surface area contributed by atoms with Crippen LogP contribution in [0.1, 0.15) is 51.7 Å². The van der Waals surface area contributed by atoms with Crippen molar-refractivity contribution in [2.24, 2.45) is 11.8 Å². The fourth-order valence-electron chi connectivity index (χ4n) is 2.99. The average Bonchev–Trinajstić information content (AvgIpc) is 2.62. The molecular formula is C20H30N2O3. The molecule has 2 unspecified atom stereocenters. The van der Waals surface area contributed by atoms with E-state index < -0.39 is 6.10 Å². The molecule has 1 heterocycles. The van der Waals surface area contributed by atoms with E-state index in [9.17, 15) is 14.7 Å². The van der Waals surface area contributed by atoms with Crippen LogP contribution in [0.3, 0.4) is 0 Å². The summed E-state index contributed by atoms with van der Waals surface area (Å²) < 4.78 is 0. The summed E-state index contributed by atoms with van der Waals surface area (Å²) in [7, 11) is 0. The van der Waals surface area contributed by atoms with Crippen LogP contribution in [0, 0.1) is 11.8 Å². The van der Waals surface area contributed by atoms with E-state index in [1.807, 2.05) is 37.3 Å². The number of aliphatic hydroxyl groups excluding tert-OH is 1. The molecule has 0 saturated carbocycles. The van der Waals surface area contributed by atoms with Crippen LogP contribution in [0.2, 0.25) is 0 Å². The maximum atomic E-state index is 12.4. The number of amides is 2. The molecule has 1 aliphatic rings. The Kier molecular flexibility index (Phi) is 7.00. The lowest BCUT2D eigenvalue weighted by Crippen LogP contribution is -2.46. The molecule has 5 nitrogen and oxygen atoms in total. The van der Waals surface area contributed by atoms with Crippen molar-refractivity contribution in [3.63, 3.8) is 0 Å². The van der Waals surface area contributed by atoms with Gasteiger partial charge in [-0.05, 0) is 31.2 Å². The van der Waals surface area contributed by atoms with Crippen molar-refractivity contribution in [2.45, 2.75) is 52.2 Å². The van der Waals surface area contributed by atoms with Gasteiger partial charge in [-0.1, -0.05) is 44.2 Å². The zero-order valence-corrected chi connectivity index (χ0v) is 15.4. The second-order valence-corrected chi connectivity index (χ2v) is 7.33. The minimum atomic E-state index is -0.776. The first-order chi connectivity index (χ1) is 11.9. The number of nitrogens with one attached hydrogen (secondary N) is 1. The number of carbonyl (C=O) groups excluding carboxylic acids is 2. The smallest absolute Gasteiger partial charge is 0.225 e. The normalized spacial score (nSPS) is 18.0. The lowest BCUT2D eigenvalue weighted by Gasteiger charge is -2.32. The van der Waals surface area contributed by atoms with Crippen molar-refractivity contribution in [1.82, 2.24) is 10.2 Å². The molecule has 0 aliphatic carbocycles. The SMILES string of the molecule is CC(C)C(C)NC(=O)C1CCN(C(=O)CC(O)c2ccccc2)CC1. The molecule has 1 fully saturated rings. The first-order valence-electron chi connectivity index (χ1n) is 9.19. The fraction of sp³-hybridized carbons (Fsp3) is 0.600. The standard InChI is InChI=1S/C20H30N2O3/c1-14(2)15(3)21-20(25)17-9-11-22(12-10-17)19(24)13-18(23)16-7-5-4-6-8-16/h4-8,14-15,17-18,23H,9-13H2,1-3H3,(H,21,25). The zero-order valence-electron chi connectivity index (χ0n) is 15.4. The van der Waals surface area contributed by atoms with Crippen LogP contribution in [-0.2, 0) is 9.59 Å². The minimum absolute atomic E-state index is 0.0238. The van der Waals surface area contributed by atoms with Crippen molar-refractivity contribution < 1.29 is 14.7 Å². The highest BCUT2D eigenvalue weighted by Gasteiger charge is 2.29. The van der Waals surface area contributed by atoms with E-state index in [1.54, 1.807) is 4.90 Å². The van der Waals surface area contributed by atoms with Gasteiger partial charge < -0.3 is 15.3 Å².